The molecule has 2 aromatic heterocycles. The molecule has 0 aliphatic heterocycles. The molecule has 274 valence electrons. The molecule has 0 atom stereocenters. The van der Waals surface area contributed by atoms with Gasteiger partial charge in [0.15, 0.2) is 0 Å². The molecule has 57 heavy (non-hydrogen) atoms. The van der Waals surface area contributed by atoms with Crippen LogP contribution in [-0.4, -0.2) is 9.47 Å². The fourth-order valence-electron chi connectivity index (χ4n) is 9.33. The van der Waals surface area contributed by atoms with Crippen LogP contribution in [-0.2, 0) is 0 Å². The van der Waals surface area contributed by atoms with E-state index < -0.39 is 0 Å². The van der Waals surface area contributed by atoms with E-state index in [0.29, 0.717) is 0 Å². The predicted octanol–water partition coefficient (Wildman–Crippen LogP) is 14.8. The maximum atomic E-state index is 6.26. The monoisotopic (exact) mass is 734 g/mol. The van der Waals surface area contributed by atoms with Crippen molar-refractivity contribution in [1.82, 2.24) is 9.47 Å². The lowest BCUT2D eigenvalue weighted by atomic mass is 9.89. The smallest absolute Gasteiger partial charge is 0.136 e. The third kappa shape index (κ3) is 5.81. The molecule has 0 saturated carbocycles. The van der Waals surface area contributed by atoms with E-state index in [1.807, 2.05) is 6.07 Å². The lowest BCUT2D eigenvalue weighted by Gasteiger charge is -2.32. The minimum Gasteiger partial charge on any atom is -0.456 e. The molecule has 0 saturated heterocycles. The molecule has 3 nitrogen and oxygen atoms in total. The molecule has 0 N–H and O–H groups in total. The third-order valence-corrected chi connectivity index (χ3v) is 12.1. The number of allylic oxidation sites excluding steroid dienone is 10. The molecule has 3 aliphatic rings. The molecule has 0 bridgehead atoms. The Labute approximate surface area is 332 Å². The van der Waals surface area contributed by atoms with Gasteiger partial charge in [-0.25, -0.2) is 0 Å². The highest BCUT2D eigenvalue weighted by Crippen LogP contribution is 2.41. The molecule has 6 aromatic carbocycles. The van der Waals surface area contributed by atoms with Crippen LogP contribution >= 0.6 is 0 Å². The normalized spacial score (nSPS) is 16.0. The number of hydrogen-bond acceptors (Lipinski definition) is 2. The van der Waals surface area contributed by atoms with Crippen molar-refractivity contribution in [1.29, 1.82) is 0 Å². The molecule has 3 heteroatoms. The Morgan fingerprint density at radius 3 is 2.30 bits per heavy atom. The van der Waals surface area contributed by atoms with Gasteiger partial charge in [0.25, 0.3) is 0 Å². The summed E-state index contributed by atoms with van der Waals surface area (Å²) >= 11 is 0. The number of furan rings is 1. The van der Waals surface area contributed by atoms with E-state index in [1.165, 1.54) is 88.3 Å². The van der Waals surface area contributed by atoms with Crippen LogP contribution < -0.4 is 0 Å². The average Bonchev–Trinajstić information content (AvgIpc) is 3.84. The minimum absolute atomic E-state index is 0.936. The number of para-hydroxylation sites is 4. The first kappa shape index (κ1) is 33.5. The van der Waals surface area contributed by atoms with Gasteiger partial charge in [-0.3, -0.25) is 0 Å². The third-order valence-electron chi connectivity index (χ3n) is 12.1. The summed E-state index contributed by atoms with van der Waals surface area (Å²) in [4.78, 5) is 2.49. The SMILES string of the molecule is C1=CCCC(C2=CCCC=C2N(C=Cc2cccc3c4ccccc4n(-c4ccccc4)c23)C2=CC=C(c3ccc4ccc5oc6ccccc6c5c4c3)CC2)=C1. The number of fused-ring (bicyclic) bond motifs is 8. The Hall–Kier alpha value is -6.84. The van der Waals surface area contributed by atoms with E-state index in [4.69, 9.17) is 4.42 Å². The van der Waals surface area contributed by atoms with Crippen LogP contribution in [0.1, 0.15) is 49.7 Å². The van der Waals surface area contributed by atoms with E-state index in [2.05, 4.69) is 186 Å². The van der Waals surface area contributed by atoms with Gasteiger partial charge < -0.3 is 13.9 Å². The Morgan fingerprint density at radius 1 is 0.596 bits per heavy atom. The zero-order valence-corrected chi connectivity index (χ0v) is 31.9. The van der Waals surface area contributed by atoms with Crippen LogP contribution in [0.25, 0.3) is 71.9 Å². The van der Waals surface area contributed by atoms with Crippen LogP contribution in [0.3, 0.4) is 0 Å². The number of aromatic nitrogens is 1. The zero-order chi connectivity index (χ0) is 37.7. The first-order valence-corrected chi connectivity index (χ1v) is 20.3. The minimum atomic E-state index is 0.936. The van der Waals surface area contributed by atoms with Crippen molar-refractivity contribution in [3.05, 3.63) is 210 Å². The van der Waals surface area contributed by atoms with E-state index in [0.717, 1.165) is 49.7 Å². The van der Waals surface area contributed by atoms with Gasteiger partial charge in [-0.05, 0) is 120 Å². The fraction of sp³-hybridized carbons (Fsp3) is 0.111. The van der Waals surface area contributed by atoms with E-state index in [1.54, 1.807) is 0 Å². The van der Waals surface area contributed by atoms with Gasteiger partial charge in [0, 0.05) is 50.4 Å². The first-order chi connectivity index (χ1) is 28.3. The zero-order valence-electron chi connectivity index (χ0n) is 31.9. The summed E-state index contributed by atoms with van der Waals surface area (Å²) in [5, 5.41) is 7.38. The van der Waals surface area contributed by atoms with Gasteiger partial charge in [-0.2, -0.15) is 0 Å². The van der Waals surface area contributed by atoms with Crippen LogP contribution in [0.4, 0.5) is 0 Å². The van der Waals surface area contributed by atoms with Gasteiger partial charge in [-0.15, -0.1) is 0 Å². The number of rotatable bonds is 7. The molecule has 0 radical (unpaired) electrons. The van der Waals surface area contributed by atoms with Crippen molar-refractivity contribution in [3.63, 3.8) is 0 Å². The summed E-state index contributed by atoms with van der Waals surface area (Å²) < 4.78 is 8.69. The van der Waals surface area contributed by atoms with Crippen molar-refractivity contribution >= 4 is 66.2 Å². The summed E-state index contributed by atoms with van der Waals surface area (Å²) in [6, 6.07) is 45.9. The highest BCUT2D eigenvalue weighted by Gasteiger charge is 2.23. The van der Waals surface area contributed by atoms with Crippen molar-refractivity contribution < 1.29 is 4.42 Å². The van der Waals surface area contributed by atoms with Crippen molar-refractivity contribution in [2.45, 2.75) is 38.5 Å². The Morgan fingerprint density at radius 2 is 1.42 bits per heavy atom. The van der Waals surface area contributed by atoms with E-state index >= 15 is 0 Å². The first-order valence-electron chi connectivity index (χ1n) is 20.3. The number of hydrogen-bond donors (Lipinski definition) is 0. The van der Waals surface area contributed by atoms with Crippen LogP contribution in [0.2, 0.25) is 0 Å². The number of benzene rings is 6. The highest BCUT2D eigenvalue weighted by atomic mass is 16.3. The van der Waals surface area contributed by atoms with Gasteiger partial charge in [0.1, 0.15) is 11.2 Å². The highest BCUT2D eigenvalue weighted by molar-refractivity contribution is 6.19. The summed E-state index contributed by atoms with van der Waals surface area (Å²) in [6.07, 6.45) is 27.3. The van der Waals surface area contributed by atoms with Gasteiger partial charge in [0.2, 0.25) is 0 Å². The van der Waals surface area contributed by atoms with Gasteiger partial charge in [-0.1, -0.05) is 127 Å². The quantitative estimate of drug-likeness (QED) is 0.163. The Kier molecular flexibility index (Phi) is 8.24. The second-order valence-corrected chi connectivity index (χ2v) is 15.4. The molecule has 11 rings (SSSR count). The molecule has 0 unspecified atom stereocenters. The van der Waals surface area contributed by atoms with E-state index in [9.17, 15) is 0 Å². The molecule has 0 spiro atoms. The molecular formula is C54H42N2O. The second-order valence-electron chi connectivity index (χ2n) is 15.4. The Bertz CT molecular complexity index is 3120. The lowest BCUT2D eigenvalue weighted by Crippen LogP contribution is -2.21. The summed E-state index contributed by atoms with van der Waals surface area (Å²) in [5.41, 5.74) is 14.7. The Balaban J connectivity index is 1.03. The van der Waals surface area contributed by atoms with Crippen LogP contribution in [0, 0.1) is 0 Å². The largest absolute Gasteiger partial charge is 0.456 e. The predicted molar refractivity (Wildman–Crippen MR) is 240 cm³/mol. The standard InChI is InChI=1S/C54H42N2O/c1-3-14-38(15-4-1)44-19-7-10-23-49(44)55(35-34-40-16-13-22-46-45-20-8-11-24-50(45)56(54(40)46)43-17-5-2-6-18-43)42-31-28-37(29-32-42)41-27-26-39-30-33-52-53(48(39)36-41)47-21-9-12-25-51(47)57-52/h1-3,5-6,8-9,11-14,16-28,30-31,33-36H,4,7,10,15,29,32H2. The van der Waals surface area contributed by atoms with Gasteiger partial charge >= 0.3 is 0 Å². The van der Waals surface area contributed by atoms with Crippen molar-refractivity contribution in [3.8, 4) is 5.69 Å². The second kappa shape index (κ2) is 14.0. The van der Waals surface area contributed by atoms with Crippen LogP contribution in [0.5, 0.6) is 0 Å². The topological polar surface area (TPSA) is 21.3 Å². The maximum Gasteiger partial charge on any atom is 0.136 e. The average molecular weight is 735 g/mol. The molecule has 3 aliphatic carbocycles. The summed E-state index contributed by atoms with van der Waals surface area (Å²) in [5.74, 6) is 0. The fourth-order valence-corrected chi connectivity index (χ4v) is 9.33. The van der Waals surface area contributed by atoms with Gasteiger partial charge in [0.05, 0.1) is 11.0 Å². The summed E-state index contributed by atoms with van der Waals surface area (Å²) in [7, 11) is 0. The molecular weight excluding hydrogens is 693 g/mol. The number of nitrogens with zero attached hydrogens (tertiary/aromatic N) is 2. The van der Waals surface area contributed by atoms with Crippen molar-refractivity contribution in [2.75, 3.05) is 0 Å². The van der Waals surface area contributed by atoms with Crippen LogP contribution in [0.15, 0.2) is 203 Å². The molecule has 8 aromatic rings. The lowest BCUT2D eigenvalue weighted by molar-refractivity contribution is 0.547. The van der Waals surface area contributed by atoms with E-state index in [-0.39, 0.29) is 0 Å². The molecule has 0 amide bonds. The molecule has 2 heterocycles. The maximum absolute atomic E-state index is 6.26. The summed E-state index contributed by atoms with van der Waals surface area (Å²) in [6.45, 7) is 0. The molecule has 0 fully saturated rings. The van der Waals surface area contributed by atoms with Crippen molar-refractivity contribution in [2.24, 2.45) is 0 Å².